The van der Waals surface area contributed by atoms with Gasteiger partial charge in [0, 0.05) is 39.8 Å². The minimum absolute atomic E-state index is 0.0212. The number of pyridine rings is 1. The third-order valence-corrected chi connectivity index (χ3v) is 6.93. The largest absolute Gasteiger partial charge is 0.354 e. The van der Waals surface area contributed by atoms with Gasteiger partial charge in [-0.25, -0.2) is 0 Å². The fourth-order valence-electron chi connectivity index (χ4n) is 4.15. The third-order valence-electron chi connectivity index (χ3n) is 5.78. The van der Waals surface area contributed by atoms with Crippen LogP contribution in [0.15, 0.2) is 53.1 Å². The van der Waals surface area contributed by atoms with E-state index >= 15 is 0 Å². The van der Waals surface area contributed by atoms with Gasteiger partial charge in [-0.3, -0.25) is 14.6 Å². The summed E-state index contributed by atoms with van der Waals surface area (Å²) in [6.07, 6.45) is 4.25. The molecule has 5 rings (SSSR count). The van der Waals surface area contributed by atoms with Crippen molar-refractivity contribution < 1.29 is 9.59 Å². The number of fused-ring (bicyclic) bond motifs is 4. The lowest BCUT2D eigenvalue weighted by molar-refractivity contribution is -0.117. The summed E-state index contributed by atoms with van der Waals surface area (Å²) in [5, 5.41) is 10.7. The van der Waals surface area contributed by atoms with Gasteiger partial charge in [-0.15, -0.1) is 11.8 Å². The number of amides is 2. The van der Waals surface area contributed by atoms with Crippen LogP contribution in [-0.4, -0.2) is 29.1 Å². The first kappa shape index (κ1) is 19.6. The average Bonchev–Trinajstić information content (AvgIpc) is 2.80. The molecule has 0 aliphatic carbocycles. The Morgan fingerprint density at radius 2 is 2.03 bits per heavy atom. The Balaban J connectivity index is 1.67. The fourth-order valence-corrected chi connectivity index (χ4v) is 5.17. The Kier molecular flexibility index (Phi) is 4.90. The number of benzene rings is 2. The molecule has 0 saturated carbocycles. The summed E-state index contributed by atoms with van der Waals surface area (Å²) in [5.41, 5.74) is 7.61. The second-order valence-corrected chi connectivity index (χ2v) is 8.61. The van der Waals surface area contributed by atoms with Crippen LogP contribution >= 0.6 is 11.8 Å². The molecule has 0 fully saturated rings. The SMILES string of the molecule is C/C=C(\C)C(=O)NCCc1c2c(c3nccc4c3c1Nc1ccccc1-4)NC(=O)CS2. The van der Waals surface area contributed by atoms with E-state index in [9.17, 15) is 9.59 Å². The van der Waals surface area contributed by atoms with Crippen molar-refractivity contribution in [3.63, 3.8) is 0 Å². The summed E-state index contributed by atoms with van der Waals surface area (Å²) < 4.78 is 0. The number of para-hydroxylation sites is 1. The molecule has 6 nitrogen and oxygen atoms in total. The molecule has 0 unspecified atom stereocenters. The highest BCUT2D eigenvalue weighted by Gasteiger charge is 2.29. The normalized spacial score (nSPS) is 14.4. The van der Waals surface area contributed by atoms with Gasteiger partial charge in [0.15, 0.2) is 0 Å². The zero-order chi connectivity index (χ0) is 21.5. The van der Waals surface area contributed by atoms with E-state index in [1.807, 2.05) is 25.1 Å². The van der Waals surface area contributed by atoms with Gasteiger partial charge >= 0.3 is 0 Å². The van der Waals surface area contributed by atoms with Gasteiger partial charge in [0.05, 0.1) is 22.6 Å². The Morgan fingerprint density at radius 3 is 2.87 bits per heavy atom. The number of allylic oxidation sites excluding steroid dienone is 1. The summed E-state index contributed by atoms with van der Waals surface area (Å²) in [5.74, 6) is 0.283. The van der Waals surface area contributed by atoms with E-state index in [1.165, 1.54) is 11.8 Å². The average molecular weight is 431 g/mol. The van der Waals surface area contributed by atoms with Crippen molar-refractivity contribution in [2.45, 2.75) is 25.2 Å². The molecule has 7 heteroatoms. The molecule has 0 radical (unpaired) electrons. The number of nitrogens with one attached hydrogen (secondary N) is 3. The topological polar surface area (TPSA) is 83.1 Å². The van der Waals surface area contributed by atoms with E-state index in [4.69, 9.17) is 0 Å². The molecular formula is C24H22N4O2S. The molecule has 0 saturated heterocycles. The smallest absolute Gasteiger partial charge is 0.246 e. The number of hydrogen-bond acceptors (Lipinski definition) is 5. The Bertz CT molecular complexity index is 1280. The van der Waals surface area contributed by atoms with Crippen LogP contribution in [0.2, 0.25) is 0 Å². The lowest BCUT2D eigenvalue weighted by atomic mass is 9.91. The maximum absolute atomic E-state index is 12.2. The van der Waals surface area contributed by atoms with Crippen molar-refractivity contribution >= 4 is 51.5 Å². The van der Waals surface area contributed by atoms with Crippen LogP contribution < -0.4 is 16.0 Å². The van der Waals surface area contributed by atoms with E-state index in [0.717, 1.165) is 49.6 Å². The Hall–Kier alpha value is -3.32. The number of carbonyl (C=O) groups excluding carboxylic acids is 2. The van der Waals surface area contributed by atoms with E-state index in [-0.39, 0.29) is 11.8 Å². The van der Waals surface area contributed by atoms with Gasteiger partial charge in [0.1, 0.15) is 0 Å². The van der Waals surface area contributed by atoms with Crippen LogP contribution in [-0.2, 0) is 16.0 Å². The molecule has 3 N–H and O–H groups in total. The number of nitrogens with zero attached hydrogens (tertiary/aromatic N) is 1. The predicted molar refractivity (Wildman–Crippen MR) is 126 cm³/mol. The third kappa shape index (κ3) is 3.25. The highest BCUT2D eigenvalue weighted by molar-refractivity contribution is 8.00. The number of hydrogen-bond donors (Lipinski definition) is 3. The van der Waals surface area contributed by atoms with E-state index in [1.54, 1.807) is 19.2 Å². The molecule has 0 bridgehead atoms. The van der Waals surface area contributed by atoms with Gasteiger partial charge in [-0.2, -0.15) is 0 Å². The van der Waals surface area contributed by atoms with E-state index in [0.29, 0.717) is 24.3 Å². The van der Waals surface area contributed by atoms with E-state index in [2.05, 4.69) is 33.1 Å². The molecule has 156 valence electrons. The van der Waals surface area contributed by atoms with Crippen molar-refractivity contribution in [1.82, 2.24) is 10.3 Å². The molecule has 2 amide bonds. The second-order valence-electron chi connectivity index (χ2n) is 7.62. The monoisotopic (exact) mass is 430 g/mol. The molecule has 3 heterocycles. The number of aromatic nitrogens is 1. The van der Waals surface area contributed by atoms with E-state index < -0.39 is 0 Å². The maximum atomic E-state index is 12.2. The van der Waals surface area contributed by atoms with Gasteiger partial charge in [-0.1, -0.05) is 24.3 Å². The van der Waals surface area contributed by atoms with Crippen molar-refractivity contribution in [1.29, 1.82) is 0 Å². The van der Waals surface area contributed by atoms with Crippen LogP contribution in [0.3, 0.4) is 0 Å². The van der Waals surface area contributed by atoms with Crippen LogP contribution in [0.1, 0.15) is 19.4 Å². The zero-order valence-corrected chi connectivity index (χ0v) is 18.2. The van der Waals surface area contributed by atoms with Crippen LogP contribution in [0.5, 0.6) is 0 Å². The number of rotatable bonds is 4. The van der Waals surface area contributed by atoms with Crippen molar-refractivity contribution in [2.24, 2.45) is 0 Å². The zero-order valence-electron chi connectivity index (χ0n) is 17.3. The maximum Gasteiger partial charge on any atom is 0.246 e. The van der Waals surface area contributed by atoms with Crippen LogP contribution in [0.4, 0.5) is 17.1 Å². The number of carbonyl (C=O) groups is 2. The molecule has 0 atom stereocenters. The quantitative estimate of drug-likeness (QED) is 0.411. The first-order chi connectivity index (χ1) is 15.1. The number of thioether (sulfide) groups is 1. The molecule has 1 aromatic heterocycles. The fraction of sp³-hybridized carbons (Fsp3) is 0.208. The first-order valence-electron chi connectivity index (χ1n) is 10.3. The molecule has 2 aliphatic heterocycles. The Morgan fingerprint density at radius 1 is 1.19 bits per heavy atom. The summed E-state index contributed by atoms with van der Waals surface area (Å²) in [7, 11) is 0. The van der Waals surface area contributed by atoms with Crippen LogP contribution in [0.25, 0.3) is 22.0 Å². The van der Waals surface area contributed by atoms with Gasteiger partial charge in [0.25, 0.3) is 0 Å². The molecule has 0 spiro atoms. The summed E-state index contributed by atoms with van der Waals surface area (Å²) in [4.78, 5) is 30.1. The van der Waals surface area contributed by atoms with Crippen molar-refractivity contribution in [3.8, 4) is 11.1 Å². The summed E-state index contributed by atoms with van der Waals surface area (Å²) in [6, 6.07) is 10.2. The first-order valence-corrected chi connectivity index (χ1v) is 11.2. The van der Waals surface area contributed by atoms with Crippen molar-refractivity contribution in [2.75, 3.05) is 22.9 Å². The highest BCUT2D eigenvalue weighted by Crippen LogP contribution is 2.51. The second kappa shape index (κ2) is 7.74. The van der Waals surface area contributed by atoms with Crippen molar-refractivity contribution in [3.05, 3.63) is 53.7 Å². The highest BCUT2D eigenvalue weighted by atomic mass is 32.2. The molecular weight excluding hydrogens is 408 g/mol. The van der Waals surface area contributed by atoms with Crippen LogP contribution in [0, 0.1) is 0 Å². The molecule has 2 aliphatic rings. The summed E-state index contributed by atoms with van der Waals surface area (Å²) in [6.45, 7) is 4.16. The summed E-state index contributed by atoms with van der Waals surface area (Å²) >= 11 is 1.53. The predicted octanol–water partition coefficient (Wildman–Crippen LogP) is 4.63. The molecule has 2 aromatic carbocycles. The van der Waals surface area contributed by atoms with Gasteiger partial charge in [-0.05, 0) is 43.5 Å². The minimum atomic E-state index is -0.0626. The number of anilines is 3. The lowest BCUT2D eigenvalue weighted by Gasteiger charge is -2.29. The molecule has 3 aromatic rings. The standard InChI is InChI=1S/C24H22N4O2S/c1-3-13(2)24(30)26-11-9-16-20-19-15(14-6-4-5-7-17(14)27-20)8-10-25-21(19)22-23(16)31-12-18(29)28-22/h3-8,10,27H,9,11-12H2,1-2H3,(H,26,30)(H,28,29)/b13-3+. The van der Waals surface area contributed by atoms with Gasteiger partial charge < -0.3 is 16.0 Å². The minimum Gasteiger partial charge on any atom is -0.354 e. The van der Waals surface area contributed by atoms with Gasteiger partial charge in [0.2, 0.25) is 11.8 Å². The molecule has 31 heavy (non-hydrogen) atoms. The lowest BCUT2D eigenvalue weighted by Crippen LogP contribution is -2.27. The Labute approximate surface area is 184 Å².